The molecule has 0 heterocycles. The van der Waals surface area contributed by atoms with Crippen molar-refractivity contribution in [2.75, 3.05) is 13.2 Å². The van der Waals surface area contributed by atoms with Gasteiger partial charge in [-0.15, -0.1) is 0 Å². The zero-order valence-corrected chi connectivity index (χ0v) is 10.8. The molecule has 0 aliphatic heterocycles. The molecule has 0 spiro atoms. The Morgan fingerprint density at radius 3 is 2.60 bits per heavy atom. The summed E-state index contributed by atoms with van der Waals surface area (Å²) in [5.41, 5.74) is 5.24. The van der Waals surface area contributed by atoms with Crippen LogP contribution in [0.3, 0.4) is 0 Å². The van der Waals surface area contributed by atoms with E-state index in [1.54, 1.807) is 24.3 Å². The van der Waals surface area contributed by atoms with E-state index in [2.05, 4.69) is 5.32 Å². The lowest BCUT2D eigenvalue weighted by atomic mass is 10.2. The number of carbonyl (C=O) groups excluding carboxylic acids is 2. The lowest BCUT2D eigenvalue weighted by molar-refractivity contribution is -0.137. The molecule has 0 aliphatic rings. The molecule has 4 N–H and O–H groups in total. The van der Waals surface area contributed by atoms with E-state index in [9.17, 15) is 14.4 Å². The number of hydrogen-bond acceptors (Lipinski definition) is 4. The van der Waals surface area contributed by atoms with Gasteiger partial charge < -0.3 is 20.9 Å². The fraction of sp³-hybridized carbons (Fsp3) is 0.308. The lowest BCUT2D eigenvalue weighted by Gasteiger charge is -2.10. The largest absolute Gasteiger partial charge is 0.483 e. The number of rotatable bonds is 8. The third-order valence-electron chi connectivity index (χ3n) is 2.35. The van der Waals surface area contributed by atoms with Crippen molar-refractivity contribution in [3.8, 4) is 5.75 Å². The quantitative estimate of drug-likeness (QED) is 0.585. The van der Waals surface area contributed by atoms with Gasteiger partial charge in [-0.25, -0.2) is 0 Å². The van der Waals surface area contributed by atoms with Gasteiger partial charge in [0.1, 0.15) is 5.75 Å². The summed E-state index contributed by atoms with van der Waals surface area (Å²) < 4.78 is 5.13. The summed E-state index contributed by atoms with van der Waals surface area (Å²) in [5, 5.41) is 11.1. The Kier molecular flexibility index (Phi) is 6.02. The standard InChI is InChI=1S/C13H16N2O5/c14-11(16)8-20-10-5-2-1-4-9(10)13(19)15-7-3-6-12(17)18/h1-2,4-5H,3,6-8H2,(H2,14,16)(H,15,19)(H,17,18). The molecule has 1 rings (SSSR count). The van der Waals surface area contributed by atoms with Gasteiger partial charge in [0, 0.05) is 13.0 Å². The molecule has 1 aromatic carbocycles. The number of hydrogen-bond donors (Lipinski definition) is 3. The summed E-state index contributed by atoms with van der Waals surface area (Å²) in [6.07, 6.45) is 0.325. The molecule has 0 saturated heterocycles. The molecule has 0 bridgehead atoms. The smallest absolute Gasteiger partial charge is 0.303 e. The van der Waals surface area contributed by atoms with Gasteiger partial charge in [-0.1, -0.05) is 12.1 Å². The first-order valence-corrected chi connectivity index (χ1v) is 6.01. The van der Waals surface area contributed by atoms with E-state index < -0.39 is 17.8 Å². The van der Waals surface area contributed by atoms with Gasteiger partial charge in [0.05, 0.1) is 5.56 Å². The highest BCUT2D eigenvalue weighted by Crippen LogP contribution is 2.17. The minimum absolute atomic E-state index is 0.0138. The van der Waals surface area contributed by atoms with Crippen molar-refractivity contribution >= 4 is 17.8 Å². The topological polar surface area (TPSA) is 119 Å². The van der Waals surface area contributed by atoms with E-state index in [1.165, 1.54) is 0 Å². The van der Waals surface area contributed by atoms with Crippen molar-refractivity contribution in [3.63, 3.8) is 0 Å². The number of para-hydroxylation sites is 1. The van der Waals surface area contributed by atoms with E-state index >= 15 is 0 Å². The highest BCUT2D eigenvalue weighted by molar-refractivity contribution is 5.97. The van der Waals surface area contributed by atoms with E-state index in [0.717, 1.165) is 0 Å². The molecule has 2 amide bonds. The number of carboxylic acid groups (broad SMARTS) is 1. The third-order valence-corrected chi connectivity index (χ3v) is 2.35. The van der Waals surface area contributed by atoms with E-state index in [-0.39, 0.29) is 30.9 Å². The van der Waals surface area contributed by atoms with Gasteiger partial charge in [0.15, 0.2) is 6.61 Å². The number of amides is 2. The van der Waals surface area contributed by atoms with E-state index in [4.69, 9.17) is 15.6 Å². The molecule has 0 saturated carbocycles. The average molecular weight is 280 g/mol. The Bertz CT molecular complexity index is 501. The Labute approximate surface area is 115 Å². The number of aliphatic carboxylic acids is 1. The lowest BCUT2D eigenvalue weighted by Crippen LogP contribution is -2.26. The fourth-order valence-electron chi connectivity index (χ4n) is 1.47. The number of nitrogens with one attached hydrogen (secondary N) is 1. The molecule has 7 nitrogen and oxygen atoms in total. The molecule has 0 unspecified atom stereocenters. The highest BCUT2D eigenvalue weighted by atomic mass is 16.5. The molecule has 20 heavy (non-hydrogen) atoms. The molecular weight excluding hydrogens is 264 g/mol. The highest BCUT2D eigenvalue weighted by Gasteiger charge is 2.12. The number of benzene rings is 1. The SMILES string of the molecule is NC(=O)COc1ccccc1C(=O)NCCCC(=O)O. The molecule has 108 valence electrons. The van der Waals surface area contributed by atoms with Crippen LogP contribution in [0.5, 0.6) is 5.75 Å². The number of primary amides is 1. The monoisotopic (exact) mass is 280 g/mol. The predicted octanol–water partition coefficient (Wildman–Crippen LogP) is 0.145. The molecular formula is C13H16N2O5. The van der Waals surface area contributed by atoms with Crippen molar-refractivity contribution in [2.45, 2.75) is 12.8 Å². The minimum atomic E-state index is -0.913. The van der Waals surface area contributed by atoms with Crippen LogP contribution in [-0.4, -0.2) is 36.0 Å². The van der Waals surface area contributed by atoms with Crippen LogP contribution < -0.4 is 15.8 Å². The second-order valence-corrected chi connectivity index (χ2v) is 4.00. The Hall–Kier alpha value is -2.57. The van der Waals surface area contributed by atoms with Gasteiger partial charge in [0.25, 0.3) is 11.8 Å². The first-order chi connectivity index (χ1) is 9.50. The van der Waals surface area contributed by atoms with Gasteiger partial charge in [-0.05, 0) is 18.6 Å². The van der Waals surface area contributed by atoms with Gasteiger partial charge in [-0.3, -0.25) is 14.4 Å². The molecule has 0 radical (unpaired) electrons. The van der Waals surface area contributed by atoms with Crippen molar-refractivity contribution in [3.05, 3.63) is 29.8 Å². The summed E-state index contributed by atoms with van der Waals surface area (Å²) in [6, 6.07) is 6.42. The summed E-state index contributed by atoms with van der Waals surface area (Å²) in [6.45, 7) is -0.0708. The molecule has 0 atom stereocenters. The van der Waals surface area contributed by atoms with Crippen molar-refractivity contribution in [1.29, 1.82) is 0 Å². The van der Waals surface area contributed by atoms with Gasteiger partial charge in [0.2, 0.25) is 0 Å². The van der Waals surface area contributed by atoms with Crippen LogP contribution in [0.2, 0.25) is 0 Å². The van der Waals surface area contributed by atoms with Crippen molar-refractivity contribution in [2.24, 2.45) is 5.73 Å². The van der Waals surface area contributed by atoms with Crippen molar-refractivity contribution < 1.29 is 24.2 Å². The number of ether oxygens (including phenoxy) is 1. The normalized spacial score (nSPS) is 9.80. The average Bonchev–Trinajstić information content (AvgIpc) is 2.41. The van der Waals surface area contributed by atoms with Crippen LogP contribution in [0.15, 0.2) is 24.3 Å². The zero-order chi connectivity index (χ0) is 15.0. The maximum atomic E-state index is 11.9. The fourth-order valence-corrected chi connectivity index (χ4v) is 1.47. The molecule has 0 fully saturated rings. The zero-order valence-electron chi connectivity index (χ0n) is 10.8. The minimum Gasteiger partial charge on any atom is -0.483 e. The second kappa shape index (κ2) is 7.78. The maximum absolute atomic E-state index is 11.9. The molecule has 1 aromatic rings. The summed E-state index contributed by atoms with van der Waals surface area (Å²) in [4.78, 5) is 32.9. The Morgan fingerprint density at radius 1 is 1.25 bits per heavy atom. The molecule has 0 aromatic heterocycles. The maximum Gasteiger partial charge on any atom is 0.303 e. The first-order valence-electron chi connectivity index (χ1n) is 6.01. The van der Waals surface area contributed by atoms with Crippen LogP contribution >= 0.6 is 0 Å². The number of carboxylic acids is 1. The van der Waals surface area contributed by atoms with Gasteiger partial charge >= 0.3 is 5.97 Å². The summed E-state index contributed by atoms with van der Waals surface area (Å²) >= 11 is 0. The van der Waals surface area contributed by atoms with E-state index in [0.29, 0.717) is 6.42 Å². The van der Waals surface area contributed by atoms with Crippen LogP contribution in [-0.2, 0) is 9.59 Å². The molecule has 0 aliphatic carbocycles. The predicted molar refractivity (Wildman–Crippen MR) is 70.3 cm³/mol. The number of nitrogens with two attached hydrogens (primary N) is 1. The second-order valence-electron chi connectivity index (χ2n) is 4.00. The summed E-state index contributed by atoms with van der Waals surface area (Å²) in [7, 11) is 0. The summed E-state index contributed by atoms with van der Waals surface area (Å²) in [5.74, 6) is -1.69. The Balaban J connectivity index is 2.58. The molecule has 7 heteroatoms. The van der Waals surface area contributed by atoms with E-state index in [1.807, 2.05) is 0 Å². The first kappa shape index (κ1) is 15.5. The van der Waals surface area contributed by atoms with Crippen LogP contribution in [0.25, 0.3) is 0 Å². The Morgan fingerprint density at radius 2 is 1.95 bits per heavy atom. The van der Waals surface area contributed by atoms with Crippen LogP contribution in [0.4, 0.5) is 0 Å². The van der Waals surface area contributed by atoms with Crippen molar-refractivity contribution in [1.82, 2.24) is 5.32 Å². The third kappa shape index (κ3) is 5.38. The van der Waals surface area contributed by atoms with Gasteiger partial charge in [-0.2, -0.15) is 0 Å². The number of carbonyl (C=O) groups is 3. The van der Waals surface area contributed by atoms with Crippen LogP contribution in [0.1, 0.15) is 23.2 Å². The van der Waals surface area contributed by atoms with Crippen LogP contribution in [0, 0.1) is 0 Å².